The highest BCUT2D eigenvalue weighted by Gasteiger charge is 2.29. The average Bonchev–Trinajstić information content (AvgIpc) is 3.36. The molecule has 3 heterocycles. The van der Waals surface area contributed by atoms with Crippen LogP contribution in [0.4, 0.5) is 20.6 Å². The number of anilines is 2. The molecule has 4 rings (SSSR count). The van der Waals surface area contributed by atoms with Gasteiger partial charge in [0, 0.05) is 50.9 Å². The number of amides is 3. The molecule has 32 heavy (non-hydrogen) atoms. The number of piperidine rings is 1. The summed E-state index contributed by atoms with van der Waals surface area (Å²) in [5.41, 5.74) is 0.562. The number of morpholine rings is 1. The second-order valence-electron chi connectivity index (χ2n) is 8.86. The van der Waals surface area contributed by atoms with Crippen molar-refractivity contribution in [2.45, 2.75) is 38.1 Å². The standard InChI is InChI=1S/C23H34FN5O3/c24-20-6-5-18(16-21(20)26-22(30)7-11-27-12-14-32-15-13-27)25-23(31)29-10-3-4-19(17-29)28-8-1-2-9-28/h5-6,16,19H,1-4,7-15,17H2,(H,25,31)(H,26,30)/t19-/m0/s1. The molecule has 3 aliphatic rings. The highest BCUT2D eigenvalue weighted by molar-refractivity contribution is 5.93. The van der Waals surface area contributed by atoms with Crippen LogP contribution in [0, 0.1) is 5.82 Å². The molecule has 3 aliphatic heterocycles. The first-order chi connectivity index (χ1) is 15.6. The van der Waals surface area contributed by atoms with Gasteiger partial charge in [0.15, 0.2) is 0 Å². The number of hydrogen-bond acceptors (Lipinski definition) is 5. The number of carbonyl (C=O) groups is 2. The van der Waals surface area contributed by atoms with Crippen LogP contribution in [0.5, 0.6) is 0 Å². The molecule has 176 valence electrons. The predicted octanol–water partition coefficient (Wildman–Crippen LogP) is 2.58. The third kappa shape index (κ3) is 6.17. The fraction of sp³-hybridized carbons (Fsp3) is 0.652. The lowest BCUT2D eigenvalue weighted by molar-refractivity contribution is -0.116. The van der Waals surface area contributed by atoms with Gasteiger partial charge in [-0.3, -0.25) is 14.6 Å². The number of rotatable bonds is 6. The molecule has 3 fully saturated rings. The Morgan fingerprint density at radius 3 is 2.59 bits per heavy atom. The molecule has 3 amide bonds. The Labute approximate surface area is 189 Å². The summed E-state index contributed by atoms with van der Waals surface area (Å²) in [6, 6.07) is 4.54. The smallest absolute Gasteiger partial charge is 0.321 e. The minimum atomic E-state index is -0.519. The first-order valence-electron chi connectivity index (χ1n) is 11.8. The number of carbonyl (C=O) groups excluding carboxylic acids is 2. The fourth-order valence-electron chi connectivity index (χ4n) is 4.74. The van der Waals surface area contributed by atoms with Crippen LogP contribution < -0.4 is 10.6 Å². The summed E-state index contributed by atoms with van der Waals surface area (Å²) in [6.45, 7) is 7.25. The van der Waals surface area contributed by atoms with Crippen molar-refractivity contribution >= 4 is 23.3 Å². The van der Waals surface area contributed by atoms with Crippen LogP contribution in [0.3, 0.4) is 0 Å². The van der Waals surface area contributed by atoms with E-state index in [4.69, 9.17) is 4.74 Å². The van der Waals surface area contributed by atoms with Crippen molar-refractivity contribution in [3.8, 4) is 0 Å². The van der Waals surface area contributed by atoms with Crippen LogP contribution >= 0.6 is 0 Å². The largest absolute Gasteiger partial charge is 0.379 e. The third-order valence-corrected chi connectivity index (χ3v) is 6.59. The minimum absolute atomic E-state index is 0.0864. The van der Waals surface area contributed by atoms with Gasteiger partial charge in [-0.2, -0.15) is 0 Å². The summed E-state index contributed by atoms with van der Waals surface area (Å²) in [4.78, 5) is 31.6. The lowest BCUT2D eigenvalue weighted by Crippen LogP contribution is -2.50. The van der Waals surface area contributed by atoms with Gasteiger partial charge in [0.1, 0.15) is 5.82 Å². The molecule has 0 aromatic heterocycles. The summed E-state index contributed by atoms with van der Waals surface area (Å²) < 4.78 is 19.6. The van der Waals surface area contributed by atoms with Gasteiger partial charge in [0.25, 0.3) is 0 Å². The van der Waals surface area contributed by atoms with E-state index < -0.39 is 5.82 Å². The Morgan fingerprint density at radius 2 is 1.81 bits per heavy atom. The number of benzene rings is 1. The number of nitrogens with one attached hydrogen (secondary N) is 2. The maximum atomic E-state index is 14.3. The van der Waals surface area contributed by atoms with Gasteiger partial charge in [-0.1, -0.05) is 0 Å². The summed E-state index contributed by atoms with van der Waals surface area (Å²) in [7, 11) is 0. The van der Waals surface area contributed by atoms with Crippen LogP contribution in [0.2, 0.25) is 0 Å². The number of likely N-dealkylation sites (tertiary alicyclic amines) is 2. The van der Waals surface area contributed by atoms with Crippen molar-refractivity contribution in [1.82, 2.24) is 14.7 Å². The van der Waals surface area contributed by atoms with Crippen molar-refractivity contribution in [3.05, 3.63) is 24.0 Å². The molecule has 0 bridgehead atoms. The van der Waals surface area contributed by atoms with Crippen molar-refractivity contribution in [2.24, 2.45) is 0 Å². The lowest BCUT2D eigenvalue weighted by atomic mass is 10.0. The second kappa shape index (κ2) is 11.1. The molecule has 0 aliphatic carbocycles. The molecule has 0 radical (unpaired) electrons. The SMILES string of the molecule is O=C(CCN1CCOCC1)Nc1cc(NC(=O)N2CCC[C@H](N3CCCC3)C2)ccc1F. The number of halogens is 1. The molecule has 1 aromatic rings. The number of nitrogens with zero attached hydrogens (tertiary/aromatic N) is 3. The summed E-state index contributed by atoms with van der Waals surface area (Å²) in [5.74, 6) is -0.766. The predicted molar refractivity (Wildman–Crippen MR) is 121 cm³/mol. The fourth-order valence-corrected chi connectivity index (χ4v) is 4.74. The van der Waals surface area contributed by atoms with E-state index in [0.717, 1.165) is 52.1 Å². The van der Waals surface area contributed by atoms with Gasteiger partial charge in [0.05, 0.1) is 18.9 Å². The molecule has 0 unspecified atom stereocenters. The van der Waals surface area contributed by atoms with Crippen LogP contribution in [-0.2, 0) is 9.53 Å². The lowest BCUT2D eigenvalue weighted by Gasteiger charge is -2.37. The zero-order valence-corrected chi connectivity index (χ0v) is 18.7. The Morgan fingerprint density at radius 1 is 1.03 bits per heavy atom. The van der Waals surface area contributed by atoms with Crippen molar-refractivity contribution in [3.63, 3.8) is 0 Å². The van der Waals surface area contributed by atoms with Crippen LogP contribution in [0.1, 0.15) is 32.1 Å². The Balaban J connectivity index is 1.29. The zero-order chi connectivity index (χ0) is 22.3. The normalized spacial score (nSPS) is 22.7. The van der Waals surface area contributed by atoms with Crippen LogP contribution in [0.25, 0.3) is 0 Å². The van der Waals surface area contributed by atoms with Crippen LogP contribution in [0.15, 0.2) is 18.2 Å². The van der Waals surface area contributed by atoms with Gasteiger partial charge in [0.2, 0.25) is 5.91 Å². The molecule has 9 heteroatoms. The molecule has 0 saturated carbocycles. The second-order valence-corrected chi connectivity index (χ2v) is 8.86. The maximum Gasteiger partial charge on any atom is 0.321 e. The summed E-state index contributed by atoms with van der Waals surface area (Å²) in [5, 5.41) is 5.52. The van der Waals surface area contributed by atoms with Gasteiger partial charge >= 0.3 is 6.03 Å². The topological polar surface area (TPSA) is 77.1 Å². The van der Waals surface area contributed by atoms with Gasteiger partial charge < -0.3 is 20.3 Å². The first-order valence-corrected chi connectivity index (χ1v) is 11.8. The Kier molecular flexibility index (Phi) is 7.94. The highest BCUT2D eigenvalue weighted by atomic mass is 19.1. The van der Waals surface area contributed by atoms with E-state index >= 15 is 0 Å². The first kappa shape index (κ1) is 22.9. The molecule has 1 atom stereocenters. The number of hydrogen-bond donors (Lipinski definition) is 2. The molecular formula is C23H34FN5O3. The molecule has 1 aromatic carbocycles. The average molecular weight is 448 g/mol. The van der Waals surface area contributed by atoms with Crippen LogP contribution in [-0.4, -0.2) is 91.7 Å². The minimum Gasteiger partial charge on any atom is -0.379 e. The molecule has 0 spiro atoms. The zero-order valence-electron chi connectivity index (χ0n) is 18.7. The third-order valence-electron chi connectivity index (χ3n) is 6.59. The summed E-state index contributed by atoms with van der Waals surface area (Å²) >= 11 is 0. The number of urea groups is 1. The molecule has 3 saturated heterocycles. The molecular weight excluding hydrogens is 413 g/mol. The van der Waals surface area contributed by atoms with Gasteiger partial charge in [-0.15, -0.1) is 0 Å². The molecule has 2 N–H and O–H groups in total. The van der Waals surface area contributed by atoms with E-state index in [0.29, 0.717) is 31.5 Å². The van der Waals surface area contributed by atoms with E-state index in [2.05, 4.69) is 20.4 Å². The monoisotopic (exact) mass is 447 g/mol. The van der Waals surface area contributed by atoms with Crippen molar-refractivity contribution < 1.29 is 18.7 Å². The maximum absolute atomic E-state index is 14.3. The van der Waals surface area contributed by atoms with Crippen molar-refractivity contribution in [1.29, 1.82) is 0 Å². The van der Waals surface area contributed by atoms with E-state index in [9.17, 15) is 14.0 Å². The Bertz CT molecular complexity index is 796. The van der Waals surface area contributed by atoms with Gasteiger partial charge in [-0.25, -0.2) is 9.18 Å². The van der Waals surface area contributed by atoms with Gasteiger partial charge in [-0.05, 0) is 57.0 Å². The highest BCUT2D eigenvalue weighted by Crippen LogP contribution is 2.23. The summed E-state index contributed by atoms with van der Waals surface area (Å²) in [6.07, 6.45) is 4.86. The molecule has 8 nitrogen and oxygen atoms in total. The number of ether oxygens (including phenoxy) is 1. The Hall–Kier alpha value is -2.23. The van der Waals surface area contributed by atoms with E-state index in [-0.39, 0.29) is 24.0 Å². The quantitative estimate of drug-likeness (QED) is 0.701. The van der Waals surface area contributed by atoms with E-state index in [1.165, 1.54) is 31.0 Å². The van der Waals surface area contributed by atoms with E-state index in [1.54, 1.807) is 0 Å². The van der Waals surface area contributed by atoms with E-state index in [1.807, 2.05) is 4.90 Å². The van der Waals surface area contributed by atoms with Crippen molar-refractivity contribution in [2.75, 3.05) is 69.7 Å².